The van der Waals surface area contributed by atoms with Gasteiger partial charge in [-0.2, -0.15) is 13.2 Å². The summed E-state index contributed by atoms with van der Waals surface area (Å²) in [5.41, 5.74) is -1.02. The van der Waals surface area contributed by atoms with Gasteiger partial charge in [-0.15, -0.1) is 10.2 Å². The van der Waals surface area contributed by atoms with Crippen molar-refractivity contribution in [3.8, 4) is 5.75 Å². The zero-order valence-corrected chi connectivity index (χ0v) is 13.2. The van der Waals surface area contributed by atoms with Gasteiger partial charge >= 0.3 is 11.8 Å². The van der Waals surface area contributed by atoms with Gasteiger partial charge in [0, 0.05) is 0 Å². The van der Waals surface area contributed by atoms with Crippen molar-refractivity contribution in [2.45, 2.75) is 13.1 Å². The highest BCUT2D eigenvalue weighted by molar-refractivity contribution is 7.15. The number of fused-ring (bicyclic) bond motifs is 1. The normalized spacial score (nSPS) is 11.7. The summed E-state index contributed by atoms with van der Waals surface area (Å²) in [4.78, 5) is 24.1. The van der Waals surface area contributed by atoms with Crippen LogP contribution in [0.2, 0.25) is 0 Å². The van der Waals surface area contributed by atoms with Gasteiger partial charge in [-0.3, -0.25) is 10.1 Å². The van der Waals surface area contributed by atoms with Gasteiger partial charge in [0.1, 0.15) is 11.3 Å². The molecule has 3 aromatic rings. The predicted molar refractivity (Wildman–Crippen MR) is 81.7 cm³/mol. The van der Waals surface area contributed by atoms with Crippen molar-refractivity contribution in [1.29, 1.82) is 0 Å². The lowest BCUT2D eigenvalue weighted by molar-refractivity contribution is -0.138. The Kier molecular flexibility index (Phi) is 3.95. The SMILES string of the molecule is Cc1ccc2c(O)c(C(=O)Nc3nnc(C(F)(F)F)s3)c(=O)oc2c1. The Bertz CT molecular complexity index is 1040. The van der Waals surface area contributed by atoms with Gasteiger partial charge in [0.15, 0.2) is 5.56 Å². The lowest BCUT2D eigenvalue weighted by atomic mass is 10.1. The molecule has 2 N–H and O–H groups in total. The summed E-state index contributed by atoms with van der Waals surface area (Å²) in [5, 5.41) is 16.6. The highest BCUT2D eigenvalue weighted by atomic mass is 32.1. The van der Waals surface area contributed by atoms with Crippen molar-refractivity contribution in [1.82, 2.24) is 10.2 Å². The molecule has 3 rings (SSSR count). The summed E-state index contributed by atoms with van der Waals surface area (Å²) in [6.45, 7) is 1.74. The van der Waals surface area contributed by atoms with Crippen LogP contribution in [0.5, 0.6) is 5.75 Å². The van der Waals surface area contributed by atoms with E-state index in [1.54, 1.807) is 13.0 Å². The van der Waals surface area contributed by atoms with Crippen molar-refractivity contribution in [3.05, 3.63) is 44.8 Å². The number of nitrogens with one attached hydrogen (secondary N) is 1. The Labute approximate surface area is 140 Å². The molecule has 1 amide bonds. The molecule has 1 aromatic carbocycles. The fraction of sp³-hybridized carbons (Fsp3) is 0.143. The van der Waals surface area contributed by atoms with Gasteiger partial charge in [0.05, 0.1) is 5.39 Å². The van der Waals surface area contributed by atoms with Crippen molar-refractivity contribution >= 4 is 33.3 Å². The van der Waals surface area contributed by atoms with Gasteiger partial charge in [-0.05, 0) is 24.6 Å². The standard InChI is InChI=1S/C14H8F3N3O4S/c1-5-2-3-6-7(4-5)24-11(23)8(9(6)21)10(22)18-13-20-19-12(25-13)14(15,16)17/h2-4,21H,1H3,(H,18,20,22). The first-order chi connectivity index (χ1) is 11.7. The summed E-state index contributed by atoms with van der Waals surface area (Å²) in [5.74, 6) is -1.79. The Morgan fingerprint density at radius 3 is 2.68 bits per heavy atom. The molecule has 0 atom stereocenters. The van der Waals surface area contributed by atoms with E-state index in [1.807, 2.05) is 5.32 Å². The molecule has 0 aliphatic rings. The zero-order valence-electron chi connectivity index (χ0n) is 12.3. The molecule has 0 saturated carbocycles. The van der Waals surface area contributed by atoms with E-state index in [9.17, 15) is 27.9 Å². The minimum atomic E-state index is -4.71. The summed E-state index contributed by atoms with van der Waals surface area (Å²) >= 11 is 0.0867. The number of alkyl halides is 3. The van der Waals surface area contributed by atoms with E-state index in [4.69, 9.17) is 4.42 Å². The Balaban J connectivity index is 1.99. The van der Waals surface area contributed by atoms with Crippen LogP contribution in [0.15, 0.2) is 27.4 Å². The molecule has 0 saturated heterocycles. The molecule has 0 fully saturated rings. The molecule has 0 radical (unpaired) electrons. The molecular formula is C14H8F3N3O4S. The monoisotopic (exact) mass is 371 g/mol. The van der Waals surface area contributed by atoms with Crippen LogP contribution in [0.1, 0.15) is 20.9 Å². The second kappa shape index (κ2) is 5.84. The first-order valence-electron chi connectivity index (χ1n) is 6.65. The largest absolute Gasteiger partial charge is 0.506 e. The van der Waals surface area contributed by atoms with E-state index in [2.05, 4.69) is 10.2 Å². The summed E-state index contributed by atoms with van der Waals surface area (Å²) in [6, 6.07) is 4.58. The smallest absolute Gasteiger partial charge is 0.445 e. The molecule has 0 spiro atoms. The number of hydrogen-bond donors (Lipinski definition) is 2. The Morgan fingerprint density at radius 1 is 1.32 bits per heavy atom. The number of aryl methyl sites for hydroxylation is 1. The van der Waals surface area contributed by atoms with Crippen LogP contribution in [-0.4, -0.2) is 21.2 Å². The number of benzene rings is 1. The van der Waals surface area contributed by atoms with E-state index < -0.39 is 39.2 Å². The number of aromatic hydroxyl groups is 1. The molecule has 0 bridgehead atoms. The fourth-order valence-electron chi connectivity index (χ4n) is 2.04. The first kappa shape index (κ1) is 16.9. The number of aromatic nitrogens is 2. The predicted octanol–water partition coefficient (Wildman–Crippen LogP) is 2.93. The molecule has 25 heavy (non-hydrogen) atoms. The van der Waals surface area contributed by atoms with Crippen LogP contribution >= 0.6 is 11.3 Å². The van der Waals surface area contributed by atoms with Crippen LogP contribution in [0.25, 0.3) is 11.0 Å². The summed E-state index contributed by atoms with van der Waals surface area (Å²) < 4.78 is 42.4. The maximum Gasteiger partial charge on any atom is 0.445 e. The topological polar surface area (TPSA) is 105 Å². The quantitative estimate of drug-likeness (QED) is 0.671. The number of carbonyl (C=O) groups excluding carboxylic acids is 1. The maximum absolute atomic E-state index is 12.5. The summed E-state index contributed by atoms with van der Waals surface area (Å²) in [6.07, 6.45) is -4.71. The van der Waals surface area contributed by atoms with Crippen LogP contribution in [0, 0.1) is 6.92 Å². The lowest BCUT2D eigenvalue weighted by Gasteiger charge is -2.06. The third-order valence-corrected chi connectivity index (χ3v) is 4.03. The fourth-order valence-corrected chi connectivity index (χ4v) is 2.65. The molecule has 7 nitrogen and oxygen atoms in total. The molecule has 0 unspecified atom stereocenters. The molecule has 11 heteroatoms. The average Bonchev–Trinajstić information content (AvgIpc) is 2.95. The number of amides is 1. The Hall–Kier alpha value is -2.95. The highest BCUT2D eigenvalue weighted by Gasteiger charge is 2.36. The lowest BCUT2D eigenvalue weighted by Crippen LogP contribution is -2.21. The van der Waals surface area contributed by atoms with Crippen molar-refractivity contribution in [2.24, 2.45) is 0 Å². The molecular weight excluding hydrogens is 363 g/mol. The van der Waals surface area contributed by atoms with E-state index in [1.165, 1.54) is 12.1 Å². The van der Waals surface area contributed by atoms with Crippen molar-refractivity contribution < 1.29 is 27.5 Å². The number of anilines is 1. The van der Waals surface area contributed by atoms with E-state index in [-0.39, 0.29) is 22.3 Å². The molecule has 130 valence electrons. The second-order valence-electron chi connectivity index (χ2n) is 4.98. The van der Waals surface area contributed by atoms with Crippen LogP contribution in [-0.2, 0) is 6.18 Å². The first-order valence-corrected chi connectivity index (χ1v) is 7.47. The number of carbonyl (C=O) groups is 1. The zero-order chi connectivity index (χ0) is 18.4. The number of hydrogen-bond acceptors (Lipinski definition) is 7. The van der Waals surface area contributed by atoms with E-state index in [0.717, 1.165) is 5.56 Å². The van der Waals surface area contributed by atoms with Gasteiger partial charge in [0.25, 0.3) is 5.91 Å². The molecule has 0 aliphatic carbocycles. The molecule has 0 aliphatic heterocycles. The third kappa shape index (κ3) is 3.18. The van der Waals surface area contributed by atoms with Gasteiger partial charge in [-0.1, -0.05) is 17.4 Å². The van der Waals surface area contributed by atoms with Crippen molar-refractivity contribution in [3.63, 3.8) is 0 Å². The average molecular weight is 371 g/mol. The molecule has 2 aromatic heterocycles. The second-order valence-corrected chi connectivity index (χ2v) is 5.95. The van der Waals surface area contributed by atoms with Gasteiger partial charge < -0.3 is 9.52 Å². The van der Waals surface area contributed by atoms with Gasteiger partial charge in [-0.25, -0.2) is 4.79 Å². The van der Waals surface area contributed by atoms with Crippen LogP contribution in [0.4, 0.5) is 18.3 Å². The van der Waals surface area contributed by atoms with E-state index >= 15 is 0 Å². The number of rotatable bonds is 2. The van der Waals surface area contributed by atoms with Gasteiger partial charge in [0.2, 0.25) is 10.1 Å². The van der Waals surface area contributed by atoms with Crippen LogP contribution < -0.4 is 10.9 Å². The summed E-state index contributed by atoms with van der Waals surface area (Å²) in [7, 11) is 0. The van der Waals surface area contributed by atoms with Crippen molar-refractivity contribution in [2.75, 3.05) is 5.32 Å². The molecule has 2 heterocycles. The minimum absolute atomic E-state index is 0.0781. The Morgan fingerprint density at radius 2 is 2.04 bits per heavy atom. The third-order valence-electron chi connectivity index (χ3n) is 3.15. The number of halogens is 3. The van der Waals surface area contributed by atoms with E-state index in [0.29, 0.717) is 0 Å². The number of nitrogens with zero attached hydrogens (tertiary/aromatic N) is 2. The maximum atomic E-state index is 12.5. The highest BCUT2D eigenvalue weighted by Crippen LogP contribution is 2.33. The van der Waals surface area contributed by atoms with Crippen LogP contribution in [0.3, 0.4) is 0 Å². The minimum Gasteiger partial charge on any atom is -0.506 e.